The Labute approximate surface area is 147 Å². The van der Waals surface area contributed by atoms with E-state index in [1.807, 2.05) is 26.0 Å². The molecular weight excluding hydrogens is 340 g/mol. The Morgan fingerprint density at radius 3 is 2.60 bits per heavy atom. The summed E-state index contributed by atoms with van der Waals surface area (Å²) in [6.07, 6.45) is -0.606. The highest BCUT2D eigenvalue weighted by atomic mass is 32.2. The maximum atomic E-state index is 12.7. The van der Waals surface area contributed by atoms with Gasteiger partial charge < -0.3 is 10.1 Å². The Balaban J connectivity index is 1.94. The molecule has 25 heavy (non-hydrogen) atoms. The van der Waals surface area contributed by atoms with E-state index in [-0.39, 0.29) is 16.7 Å². The normalized spacial score (nSPS) is 16.8. The van der Waals surface area contributed by atoms with Crippen molar-refractivity contribution in [1.82, 2.24) is 0 Å². The molecule has 0 saturated carbocycles. The first-order valence-corrected chi connectivity index (χ1v) is 9.49. The summed E-state index contributed by atoms with van der Waals surface area (Å²) in [5, 5.41) is 2.66. The van der Waals surface area contributed by atoms with Gasteiger partial charge in [0, 0.05) is 0 Å². The standard InChI is InChI=1S/C18H20N2O4S/c1-11(2)14-6-4-5-7-15(14)20-25(22,23)13-8-9-17-16(10-13)19-18(21)12(3)24-17/h4-12,20H,1-3H3,(H,19,21). The minimum Gasteiger partial charge on any atom is -0.479 e. The number of sulfonamides is 1. The molecule has 1 aliphatic heterocycles. The predicted molar refractivity (Wildman–Crippen MR) is 96.5 cm³/mol. The van der Waals surface area contributed by atoms with Crippen molar-refractivity contribution in [3.8, 4) is 5.75 Å². The number of benzene rings is 2. The molecule has 0 saturated heterocycles. The Bertz CT molecular complexity index is 922. The first-order valence-electron chi connectivity index (χ1n) is 8.01. The SMILES string of the molecule is CC1Oc2ccc(S(=O)(=O)Nc3ccccc3C(C)C)cc2NC1=O. The molecule has 0 fully saturated rings. The topological polar surface area (TPSA) is 84.5 Å². The van der Waals surface area contributed by atoms with Crippen LogP contribution in [0.4, 0.5) is 11.4 Å². The van der Waals surface area contributed by atoms with E-state index in [4.69, 9.17) is 4.74 Å². The quantitative estimate of drug-likeness (QED) is 0.876. The zero-order valence-electron chi connectivity index (χ0n) is 14.2. The van der Waals surface area contributed by atoms with Crippen molar-refractivity contribution in [2.75, 3.05) is 10.0 Å². The summed E-state index contributed by atoms with van der Waals surface area (Å²) in [7, 11) is -3.79. The maximum Gasteiger partial charge on any atom is 0.265 e. The molecule has 1 amide bonds. The Morgan fingerprint density at radius 1 is 1.16 bits per heavy atom. The first-order chi connectivity index (χ1) is 11.8. The molecule has 3 rings (SSSR count). The van der Waals surface area contributed by atoms with E-state index in [2.05, 4.69) is 10.0 Å². The summed E-state index contributed by atoms with van der Waals surface area (Å²) < 4.78 is 33.6. The molecule has 6 nitrogen and oxygen atoms in total. The van der Waals surface area contributed by atoms with Crippen LogP contribution in [0.5, 0.6) is 5.75 Å². The molecule has 0 spiro atoms. The van der Waals surface area contributed by atoms with E-state index in [9.17, 15) is 13.2 Å². The van der Waals surface area contributed by atoms with E-state index in [1.54, 1.807) is 25.1 Å². The summed E-state index contributed by atoms with van der Waals surface area (Å²) >= 11 is 0. The van der Waals surface area contributed by atoms with Gasteiger partial charge in [-0.15, -0.1) is 0 Å². The van der Waals surface area contributed by atoms with E-state index < -0.39 is 16.1 Å². The average Bonchev–Trinajstić information content (AvgIpc) is 2.55. The van der Waals surface area contributed by atoms with Crippen molar-refractivity contribution in [2.24, 2.45) is 0 Å². The van der Waals surface area contributed by atoms with Crippen LogP contribution in [0.2, 0.25) is 0 Å². The summed E-state index contributed by atoms with van der Waals surface area (Å²) in [5.41, 5.74) is 1.81. The van der Waals surface area contributed by atoms with Gasteiger partial charge >= 0.3 is 0 Å². The van der Waals surface area contributed by atoms with Crippen molar-refractivity contribution in [1.29, 1.82) is 0 Å². The molecule has 2 aromatic carbocycles. The number of hydrogen-bond acceptors (Lipinski definition) is 4. The second-order valence-electron chi connectivity index (χ2n) is 6.25. The number of carbonyl (C=O) groups is 1. The van der Waals surface area contributed by atoms with Gasteiger partial charge in [-0.05, 0) is 42.7 Å². The van der Waals surface area contributed by atoms with Gasteiger partial charge in [0.05, 0.1) is 16.3 Å². The van der Waals surface area contributed by atoms with Crippen LogP contribution in [0.3, 0.4) is 0 Å². The predicted octanol–water partition coefficient (Wildman–Crippen LogP) is 3.33. The van der Waals surface area contributed by atoms with Crippen molar-refractivity contribution < 1.29 is 17.9 Å². The molecule has 1 atom stereocenters. The Kier molecular flexibility index (Phi) is 4.43. The van der Waals surface area contributed by atoms with Crippen LogP contribution in [-0.2, 0) is 14.8 Å². The minimum atomic E-state index is -3.79. The third kappa shape index (κ3) is 3.46. The summed E-state index contributed by atoms with van der Waals surface area (Å²) in [4.78, 5) is 11.8. The molecular formula is C18H20N2O4S. The third-order valence-corrected chi connectivity index (χ3v) is 5.38. The molecule has 0 bridgehead atoms. The first kappa shape index (κ1) is 17.3. The number of fused-ring (bicyclic) bond motifs is 1. The van der Waals surface area contributed by atoms with Crippen LogP contribution in [0.1, 0.15) is 32.3 Å². The summed E-state index contributed by atoms with van der Waals surface area (Å²) in [6, 6.07) is 11.7. The number of carbonyl (C=O) groups excluding carboxylic acids is 1. The smallest absolute Gasteiger partial charge is 0.265 e. The van der Waals surface area contributed by atoms with Gasteiger partial charge in [0.2, 0.25) is 0 Å². The fourth-order valence-electron chi connectivity index (χ4n) is 2.65. The zero-order valence-corrected chi connectivity index (χ0v) is 15.1. The fourth-order valence-corrected chi connectivity index (χ4v) is 3.77. The van der Waals surface area contributed by atoms with E-state index in [0.29, 0.717) is 17.1 Å². The van der Waals surface area contributed by atoms with Gasteiger partial charge in [-0.1, -0.05) is 32.0 Å². The van der Waals surface area contributed by atoms with Gasteiger partial charge in [0.15, 0.2) is 6.10 Å². The molecule has 0 radical (unpaired) electrons. The number of anilines is 2. The lowest BCUT2D eigenvalue weighted by molar-refractivity contribution is -0.122. The number of amides is 1. The number of ether oxygens (including phenoxy) is 1. The molecule has 0 aromatic heterocycles. The number of para-hydroxylation sites is 1. The van der Waals surface area contributed by atoms with E-state index >= 15 is 0 Å². The van der Waals surface area contributed by atoms with Crippen molar-refractivity contribution in [2.45, 2.75) is 37.7 Å². The third-order valence-electron chi connectivity index (χ3n) is 4.02. The highest BCUT2D eigenvalue weighted by Crippen LogP contribution is 2.33. The second kappa shape index (κ2) is 6.40. The fraction of sp³-hybridized carbons (Fsp3) is 0.278. The molecule has 1 heterocycles. The molecule has 1 aliphatic rings. The molecule has 1 unspecified atom stereocenters. The maximum absolute atomic E-state index is 12.7. The lowest BCUT2D eigenvalue weighted by Crippen LogP contribution is -2.34. The van der Waals surface area contributed by atoms with Gasteiger partial charge in [-0.25, -0.2) is 8.42 Å². The van der Waals surface area contributed by atoms with E-state index in [0.717, 1.165) is 5.56 Å². The molecule has 2 N–H and O–H groups in total. The molecule has 2 aromatic rings. The van der Waals surface area contributed by atoms with Gasteiger partial charge in [0.1, 0.15) is 5.75 Å². The van der Waals surface area contributed by atoms with Crippen molar-refractivity contribution in [3.05, 3.63) is 48.0 Å². The lowest BCUT2D eigenvalue weighted by Gasteiger charge is -2.23. The van der Waals surface area contributed by atoms with Crippen LogP contribution >= 0.6 is 0 Å². The monoisotopic (exact) mass is 360 g/mol. The Hall–Kier alpha value is -2.54. The van der Waals surface area contributed by atoms with E-state index in [1.165, 1.54) is 12.1 Å². The van der Waals surface area contributed by atoms with Crippen LogP contribution in [-0.4, -0.2) is 20.4 Å². The van der Waals surface area contributed by atoms with Gasteiger partial charge in [-0.2, -0.15) is 0 Å². The van der Waals surface area contributed by atoms with Crippen LogP contribution in [0, 0.1) is 0 Å². The largest absolute Gasteiger partial charge is 0.479 e. The van der Waals surface area contributed by atoms with Crippen LogP contribution in [0.25, 0.3) is 0 Å². The highest BCUT2D eigenvalue weighted by molar-refractivity contribution is 7.92. The van der Waals surface area contributed by atoms with Gasteiger partial charge in [0.25, 0.3) is 15.9 Å². The highest BCUT2D eigenvalue weighted by Gasteiger charge is 2.26. The van der Waals surface area contributed by atoms with Crippen LogP contribution < -0.4 is 14.8 Å². The molecule has 0 aliphatic carbocycles. The van der Waals surface area contributed by atoms with Crippen LogP contribution in [0.15, 0.2) is 47.4 Å². The van der Waals surface area contributed by atoms with Crippen molar-refractivity contribution in [3.63, 3.8) is 0 Å². The minimum absolute atomic E-state index is 0.0586. The van der Waals surface area contributed by atoms with Crippen molar-refractivity contribution >= 4 is 27.3 Å². The summed E-state index contributed by atoms with van der Waals surface area (Å²) in [6.45, 7) is 5.63. The number of rotatable bonds is 4. The molecule has 132 valence electrons. The number of nitrogens with one attached hydrogen (secondary N) is 2. The lowest BCUT2D eigenvalue weighted by atomic mass is 10.0. The zero-order chi connectivity index (χ0) is 18.2. The number of hydrogen-bond donors (Lipinski definition) is 2. The van der Waals surface area contributed by atoms with Gasteiger partial charge in [-0.3, -0.25) is 9.52 Å². The summed E-state index contributed by atoms with van der Waals surface area (Å²) in [5.74, 6) is 0.324. The second-order valence-corrected chi connectivity index (χ2v) is 7.94. The average molecular weight is 360 g/mol. The Morgan fingerprint density at radius 2 is 1.88 bits per heavy atom. The molecule has 7 heteroatoms.